The van der Waals surface area contributed by atoms with Gasteiger partial charge in [-0.05, 0) is 46.3 Å². The number of benzene rings is 1. The number of hydrogen-bond donors (Lipinski definition) is 4. The van der Waals surface area contributed by atoms with E-state index in [0.29, 0.717) is 17.9 Å². The Bertz CT molecular complexity index is 585. The van der Waals surface area contributed by atoms with Crippen molar-refractivity contribution in [3.05, 3.63) is 18.2 Å². The fraction of sp³-hybridized carbons (Fsp3) is 0.538. The summed E-state index contributed by atoms with van der Waals surface area (Å²) in [4.78, 5) is 1.92. The van der Waals surface area contributed by atoms with E-state index < -0.39 is 15.6 Å². The van der Waals surface area contributed by atoms with Crippen LogP contribution in [-0.2, 0) is 10.0 Å². The van der Waals surface area contributed by atoms with E-state index in [1.807, 2.05) is 19.0 Å². The van der Waals surface area contributed by atoms with Crippen molar-refractivity contribution in [1.29, 1.82) is 0 Å². The van der Waals surface area contributed by atoms with Gasteiger partial charge in [0.2, 0.25) is 10.0 Å². The van der Waals surface area contributed by atoms with E-state index in [0.717, 1.165) is 0 Å². The molecule has 120 valence electrons. The van der Waals surface area contributed by atoms with Crippen molar-refractivity contribution in [3.63, 3.8) is 0 Å². The van der Waals surface area contributed by atoms with Crippen LogP contribution in [0.2, 0.25) is 0 Å². The molecule has 1 aromatic carbocycles. The lowest BCUT2D eigenvalue weighted by molar-refractivity contribution is 0.0459. The molecule has 0 bridgehead atoms. The molecule has 0 heterocycles. The van der Waals surface area contributed by atoms with E-state index in [1.54, 1.807) is 19.1 Å². The molecule has 5 N–H and O–H groups in total. The van der Waals surface area contributed by atoms with Gasteiger partial charge in [-0.25, -0.2) is 13.1 Å². The minimum atomic E-state index is -3.63. The predicted octanol–water partition coefficient (Wildman–Crippen LogP) is -0.0986. The number of anilines is 2. The molecule has 0 aliphatic rings. The number of sulfonamides is 1. The lowest BCUT2D eigenvalue weighted by Gasteiger charge is -2.28. The molecule has 1 unspecified atom stereocenters. The zero-order valence-electron chi connectivity index (χ0n) is 12.8. The van der Waals surface area contributed by atoms with Gasteiger partial charge in [0, 0.05) is 18.8 Å². The summed E-state index contributed by atoms with van der Waals surface area (Å²) in [6.07, 6.45) is 0. The molecule has 7 nitrogen and oxygen atoms in total. The normalized spacial score (nSPS) is 15.0. The Kier molecular flexibility index (Phi) is 5.57. The molecule has 0 radical (unpaired) electrons. The van der Waals surface area contributed by atoms with E-state index in [1.165, 1.54) is 13.1 Å². The lowest BCUT2D eigenvalue weighted by atomic mass is 10.1. The molecular weight excluding hydrogens is 292 g/mol. The molecule has 1 atom stereocenters. The van der Waals surface area contributed by atoms with Crippen molar-refractivity contribution >= 4 is 21.4 Å². The summed E-state index contributed by atoms with van der Waals surface area (Å²) >= 11 is 0. The summed E-state index contributed by atoms with van der Waals surface area (Å²) in [5.41, 5.74) is 5.41. The third-order valence-electron chi connectivity index (χ3n) is 2.88. The number of hydrogen-bond acceptors (Lipinski definition) is 6. The first-order chi connectivity index (χ1) is 9.57. The number of nitrogens with zero attached hydrogens (tertiary/aromatic N) is 1. The highest BCUT2D eigenvalue weighted by atomic mass is 32.2. The summed E-state index contributed by atoms with van der Waals surface area (Å²) in [7, 11) is 1.42. The molecular formula is C13H24N4O3S. The summed E-state index contributed by atoms with van der Waals surface area (Å²) in [5.74, 6) is 0. The molecule has 0 saturated heterocycles. The molecule has 8 heteroatoms. The smallest absolute Gasteiger partial charge is 0.242 e. The van der Waals surface area contributed by atoms with E-state index in [4.69, 9.17) is 5.73 Å². The largest absolute Gasteiger partial charge is 0.399 e. The molecule has 0 fully saturated rings. The van der Waals surface area contributed by atoms with Crippen LogP contribution in [-0.4, -0.2) is 58.3 Å². The molecule has 0 aliphatic heterocycles. The fourth-order valence-corrected chi connectivity index (χ4v) is 2.98. The monoisotopic (exact) mass is 316 g/mol. The number of likely N-dealkylation sites (N-methyl/N-ethyl adjacent to an activating group) is 1. The first-order valence-electron chi connectivity index (χ1n) is 6.51. The number of nitrogen functional groups attached to an aromatic ring is 1. The van der Waals surface area contributed by atoms with E-state index in [2.05, 4.69) is 10.0 Å². The quantitative estimate of drug-likeness (QED) is 0.523. The Labute approximate surface area is 126 Å². The van der Waals surface area contributed by atoms with Gasteiger partial charge in [0.1, 0.15) is 4.90 Å². The Morgan fingerprint density at radius 2 is 2.00 bits per heavy atom. The van der Waals surface area contributed by atoms with Gasteiger partial charge in [-0.15, -0.1) is 0 Å². The van der Waals surface area contributed by atoms with Gasteiger partial charge >= 0.3 is 0 Å². The second-order valence-electron chi connectivity index (χ2n) is 5.55. The van der Waals surface area contributed by atoms with Crippen LogP contribution in [0.5, 0.6) is 0 Å². The van der Waals surface area contributed by atoms with Gasteiger partial charge in [-0.1, -0.05) is 0 Å². The third-order valence-corrected chi connectivity index (χ3v) is 4.33. The molecule has 1 rings (SSSR count). The van der Waals surface area contributed by atoms with Gasteiger partial charge in [0.05, 0.1) is 11.3 Å². The maximum Gasteiger partial charge on any atom is 0.242 e. The highest BCUT2D eigenvalue weighted by Gasteiger charge is 2.23. The first kappa shape index (κ1) is 17.7. The SMILES string of the molecule is CNS(=O)(=O)c1cc(N)ccc1NCC(C)(O)CN(C)C. The van der Waals surface area contributed by atoms with Crippen molar-refractivity contribution < 1.29 is 13.5 Å². The standard InChI is InChI=1S/C13H24N4O3S/c1-13(18,9-17(3)4)8-16-11-6-5-10(14)7-12(11)21(19,20)15-2/h5-7,15-16,18H,8-9,14H2,1-4H3. The fourth-order valence-electron chi connectivity index (χ4n) is 2.04. The maximum absolute atomic E-state index is 12.0. The highest BCUT2D eigenvalue weighted by Crippen LogP contribution is 2.24. The molecule has 0 aliphatic carbocycles. The zero-order chi connectivity index (χ0) is 16.3. The second kappa shape index (κ2) is 6.61. The van der Waals surface area contributed by atoms with Crippen LogP contribution in [0.4, 0.5) is 11.4 Å². The van der Waals surface area contributed by atoms with Crippen LogP contribution >= 0.6 is 0 Å². The molecule has 1 aromatic rings. The van der Waals surface area contributed by atoms with Crippen molar-refractivity contribution in [1.82, 2.24) is 9.62 Å². The topological polar surface area (TPSA) is 108 Å². The second-order valence-corrected chi connectivity index (χ2v) is 7.41. The number of rotatable bonds is 7. The van der Waals surface area contributed by atoms with Crippen LogP contribution in [0, 0.1) is 0 Å². The number of nitrogens with one attached hydrogen (secondary N) is 2. The third kappa shape index (κ3) is 5.16. The summed E-state index contributed by atoms with van der Waals surface area (Å²) in [5, 5.41) is 13.2. The van der Waals surface area contributed by atoms with E-state index in [9.17, 15) is 13.5 Å². The van der Waals surface area contributed by atoms with Crippen LogP contribution in [0.15, 0.2) is 23.1 Å². The average molecular weight is 316 g/mol. The highest BCUT2D eigenvalue weighted by molar-refractivity contribution is 7.89. The van der Waals surface area contributed by atoms with Crippen molar-refractivity contribution in [2.75, 3.05) is 45.3 Å². The molecule has 0 spiro atoms. The molecule has 21 heavy (non-hydrogen) atoms. The van der Waals surface area contributed by atoms with E-state index >= 15 is 0 Å². The predicted molar refractivity (Wildman–Crippen MR) is 84.8 cm³/mol. The van der Waals surface area contributed by atoms with Crippen LogP contribution in [0.1, 0.15) is 6.92 Å². The molecule has 0 aromatic heterocycles. The van der Waals surface area contributed by atoms with Gasteiger partial charge in [-0.2, -0.15) is 0 Å². The maximum atomic E-state index is 12.0. The Morgan fingerprint density at radius 1 is 1.38 bits per heavy atom. The van der Waals surface area contributed by atoms with Gasteiger partial charge < -0.3 is 21.1 Å². The Balaban J connectivity index is 3.00. The number of nitrogens with two attached hydrogens (primary N) is 1. The van der Waals surface area contributed by atoms with Crippen molar-refractivity contribution in [2.45, 2.75) is 17.4 Å². The Morgan fingerprint density at radius 3 is 2.52 bits per heavy atom. The van der Waals surface area contributed by atoms with Gasteiger partial charge in [0.25, 0.3) is 0 Å². The van der Waals surface area contributed by atoms with Crippen LogP contribution in [0.3, 0.4) is 0 Å². The summed E-state index contributed by atoms with van der Waals surface area (Å²) in [6, 6.07) is 4.58. The minimum absolute atomic E-state index is 0.0608. The zero-order valence-corrected chi connectivity index (χ0v) is 13.7. The van der Waals surface area contributed by atoms with Crippen LogP contribution in [0.25, 0.3) is 0 Å². The summed E-state index contributed by atoms with van der Waals surface area (Å²) in [6.45, 7) is 2.34. The Hall–Kier alpha value is -1.35. The van der Waals surface area contributed by atoms with Gasteiger partial charge in [0.15, 0.2) is 0 Å². The summed E-state index contributed by atoms with van der Waals surface area (Å²) < 4.78 is 26.3. The van der Waals surface area contributed by atoms with Crippen molar-refractivity contribution in [2.24, 2.45) is 0 Å². The van der Waals surface area contributed by atoms with Gasteiger partial charge in [-0.3, -0.25) is 0 Å². The number of aliphatic hydroxyl groups is 1. The van der Waals surface area contributed by atoms with E-state index in [-0.39, 0.29) is 11.4 Å². The minimum Gasteiger partial charge on any atom is -0.399 e. The van der Waals surface area contributed by atoms with Crippen LogP contribution < -0.4 is 15.8 Å². The molecule has 0 amide bonds. The first-order valence-corrected chi connectivity index (χ1v) is 8.00. The average Bonchev–Trinajstić information content (AvgIpc) is 2.35. The van der Waals surface area contributed by atoms with Crippen molar-refractivity contribution in [3.8, 4) is 0 Å². The lowest BCUT2D eigenvalue weighted by Crippen LogP contribution is -2.43. The molecule has 0 saturated carbocycles.